The normalized spacial score (nSPS) is 14.5. The fourth-order valence-electron chi connectivity index (χ4n) is 4.48. The van der Waals surface area contributed by atoms with Crippen molar-refractivity contribution in [2.24, 2.45) is 0 Å². The Morgan fingerprint density at radius 3 is 2.34 bits per heavy atom. The molecule has 0 atom stereocenters. The van der Waals surface area contributed by atoms with Crippen molar-refractivity contribution in [2.75, 3.05) is 24.0 Å². The molecule has 9 nitrogen and oxygen atoms in total. The summed E-state index contributed by atoms with van der Waals surface area (Å²) in [6.45, 7) is 0.375. The van der Waals surface area contributed by atoms with E-state index < -0.39 is 52.1 Å². The zero-order valence-electron chi connectivity index (χ0n) is 21.2. The molecule has 41 heavy (non-hydrogen) atoms. The lowest BCUT2D eigenvalue weighted by molar-refractivity contribution is -0.139. The van der Waals surface area contributed by atoms with E-state index in [1.54, 1.807) is 24.3 Å². The largest absolute Gasteiger partial charge is 0.479 e. The predicted octanol–water partition coefficient (Wildman–Crippen LogP) is 5.45. The minimum atomic E-state index is -4.55. The molecule has 0 spiro atoms. The quantitative estimate of drug-likeness (QED) is 0.258. The van der Waals surface area contributed by atoms with Gasteiger partial charge in [0.1, 0.15) is 0 Å². The number of sulfonamides is 1. The number of nitrogens with one attached hydrogen (secondary N) is 1. The maximum Gasteiger partial charge on any atom is 0.416 e. The van der Waals surface area contributed by atoms with E-state index in [2.05, 4.69) is 21.2 Å². The van der Waals surface area contributed by atoms with Crippen molar-refractivity contribution in [3.8, 4) is 16.2 Å². The number of piperidine rings is 1. The third-order valence-electron chi connectivity index (χ3n) is 6.28. The third-order valence-corrected chi connectivity index (χ3v) is 10.3. The number of ether oxygens (including phenoxy) is 1. The van der Waals surface area contributed by atoms with E-state index in [9.17, 15) is 36.3 Å². The Kier molecular flexibility index (Phi) is 9.31. The first-order chi connectivity index (χ1) is 19.3. The van der Waals surface area contributed by atoms with E-state index in [1.807, 2.05) is 0 Å². The van der Waals surface area contributed by atoms with Gasteiger partial charge in [0.25, 0.3) is 0 Å². The van der Waals surface area contributed by atoms with E-state index in [0.717, 1.165) is 35.6 Å². The number of rotatable bonds is 10. The Balaban J connectivity index is 1.73. The molecule has 0 aliphatic carbocycles. The summed E-state index contributed by atoms with van der Waals surface area (Å²) < 4.78 is 73.4. The Morgan fingerprint density at radius 1 is 1.10 bits per heavy atom. The Morgan fingerprint density at radius 2 is 1.76 bits per heavy atom. The number of nitrogens with zero attached hydrogens (tertiary/aromatic N) is 1. The molecule has 2 aromatic carbocycles. The summed E-state index contributed by atoms with van der Waals surface area (Å²) in [7, 11) is -4.09. The summed E-state index contributed by atoms with van der Waals surface area (Å²) in [6.07, 6.45) is -3.56. The van der Waals surface area contributed by atoms with Gasteiger partial charge in [-0.15, -0.1) is 11.3 Å². The van der Waals surface area contributed by atoms with Crippen molar-refractivity contribution in [3.05, 3.63) is 69.0 Å². The summed E-state index contributed by atoms with van der Waals surface area (Å²) >= 11 is 4.14. The highest BCUT2D eigenvalue weighted by Gasteiger charge is 2.34. The second kappa shape index (κ2) is 12.4. The molecule has 1 fully saturated rings. The number of alkyl halides is 3. The highest BCUT2D eigenvalue weighted by Crippen LogP contribution is 2.46. The van der Waals surface area contributed by atoms with E-state index in [4.69, 9.17) is 9.84 Å². The first kappa shape index (κ1) is 30.8. The Hall–Kier alpha value is -3.14. The van der Waals surface area contributed by atoms with Crippen molar-refractivity contribution in [1.82, 2.24) is 5.32 Å². The van der Waals surface area contributed by atoms with Crippen LogP contribution < -0.4 is 14.4 Å². The number of hydrogen-bond acceptors (Lipinski definition) is 7. The highest BCUT2D eigenvalue weighted by atomic mass is 79.9. The van der Waals surface area contributed by atoms with Crippen molar-refractivity contribution in [3.63, 3.8) is 0 Å². The number of carboxylic acids is 2. The van der Waals surface area contributed by atoms with Gasteiger partial charge in [0.05, 0.1) is 26.4 Å². The molecule has 3 aromatic rings. The van der Waals surface area contributed by atoms with Gasteiger partial charge >= 0.3 is 18.1 Å². The lowest BCUT2D eigenvalue weighted by atomic mass is 10.1. The zero-order valence-corrected chi connectivity index (χ0v) is 24.4. The molecule has 0 bridgehead atoms. The van der Waals surface area contributed by atoms with Crippen molar-refractivity contribution >= 4 is 54.9 Å². The second-order valence-corrected chi connectivity index (χ2v) is 12.8. The number of carboxylic acid groups (broad SMARTS) is 2. The summed E-state index contributed by atoms with van der Waals surface area (Å²) in [4.78, 5) is 23.0. The van der Waals surface area contributed by atoms with Crippen LogP contribution in [0.2, 0.25) is 0 Å². The number of aliphatic carboxylic acids is 1. The van der Waals surface area contributed by atoms with Gasteiger partial charge in [-0.1, -0.05) is 24.3 Å². The molecule has 0 amide bonds. The van der Waals surface area contributed by atoms with Crippen LogP contribution in [0.4, 0.5) is 18.9 Å². The van der Waals surface area contributed by atoms with E-state index in [1.165, 1.54) is 4.31 Å². The molecule has 1 aromatic heterocycles. The van der Waals surface area contributed by atoms with Gasteiger partial charge in [0.15, 0.2) is 17.2 Å². The molecule has 1 saturated heterocycles. The molecule has 3 N–H and O–H groups in total. The average molecular weight is 678 g/mol. The zero-order chi connectivity index (χ0) is 29.9. The average Bonchev–Trinajstić information content (AvgIpc) is 3.24. The number of halogens is 4. The lowest BCUT2D eigenvalue weighted by Crippen LogP contribution is -2.46. The summed E-state index contributed by atoms with van der Waals surface area (Å²) in [5, 5.41) is 21.8. The Labute approximate surface area is 245 Å². The van der Waals surface area contributed by atoms with Gasteiger partial charge in [0, 0.05) is 6.04 Å². The molecule has 220 valence electrons. The van der Waals surface area contributed by atoms with Gasteiger partial charge in [-0.25, -0.2) is 18.0 Å². The van der Waals surface area contributed by atoms with Crippen LogP contribution in [0, 0.1) is 0 Å². The van der Waals surface area contributed by atoms with Crippen molar-refractivity contribution in [2.45, 2.75) is 30.8 Å². The number of anilines is 1. The van der Waals surface area contributed by atoms with Gasteiger partial charge < -0.3 is 20.3 Å². The standard InChI is InChI=1S/C26H24BrF3N2O7S2/c27-21-22(39-13-20(33)34)24(25(35)36)40-23(21)16-2-1-3-19(12-16)32(18-8-10-31-11-9-18)41(37,38)14-15-4-6-17(7-5-15)26(28,29)30/h1-7,12,18,31H,8-11,13-14H2,(H,33,34)(H,35,36). The van der Waals surface area contributed by atoms with Crippen LogP contribution in [0.3, 0.4) is 0 Å². The van der Waals surface area contributed by atoms with Crippen LogP contribution >= 0.6 is 27.3 Å². The molecule has 0 unspecified atom stereocenters. The highest BCUT2D eigenvalue weighted by molar-refractivity contribution is 9.10. The van der Waals surface area contributed by atoms with Crippen LogP contribution in [0.15, 0.2) is 53.0 Å². The number of hydrogen-bond donors (Lipinski definition) is 3. The van der Waals surface area contributed by atoms with Gasteiger partial charge in [-0.05, 0) is 77.3 Å². The summed E-state index contributed by atoms with van der Waals surface area (Å²) in [6, 6.07) is 9.98. The molecule has 1 aliphatic heterocycles. The number of carbonyl (C=O) groups is 2. The fraction of sp³-hybridized carbons (Fsp3) is 0.308. The van der Waals surface area contributed by atoms with Crippen molar-refractivity contribution < 1.29 is 46.1 Å². The monoisotopic (exact) mass is 676 g/mol. The number of thiophene rings is 1. The predicted molar refractivity (Wildman–Crippen MR) is 150 cm³/mol. The van der Waals surface area contributed by atoms with Gasteiger partial charge in [-0.2, -0.15) is 13.2 Å². The second-order valence-electron chi connectivity index (χ2n) is 9.17. The molecule has 0 radical (unpaired) electrons. The van der Waals surface area contributed by atoms with E-state index >= 15 is 0 Å². The smallest absolute Gasteiger partial charge is 0.416 e. The maximum atomic E-state index is 13.8. The minimum absolute atomic E-state index is 0.157. The summed E-state index contributed by atoms with van der Waals surface area (Å²) in [5.41, 5.74) is 0.0677. The molecule has 2 heterocycles. The van der Waals surface area contributed by atoms with Crippen LogP contribution in [-0.4, -0.2) is 56.3 Å². The molecular formula is C26H24BrF3N2O7S2. The molecule has 4 rings (SSSR count). The van der Waals surface area contributed by atoms with Crippen molar-refractivity contribution in [1.29, 1.82) is 0 Å². The van der Waals surface area contributed by atoms with E-state index in [-0.39, 0.29) is 20.7 Å². The first-order valence-corrected chi connectivity index (χ1v) is 15.4. The lowest BCUT2D eigenvalue weighted by Gasteiger charge is -2.35. The molecular weight excluding hydrogens is 653 g/mol. The first-order valence-electron chi connectivity index (χ1n) is 12.2. The Bertz CT molecular complexity index is 1540. The number of aromatic carboxylic acids is 1. The van der Waals surface area contributed by atoms with Crippen LogP contribution in [0.1, 0.15) is 33.6 Å². The third kappa shape index (κ3) is 7.20. The molecule has 15 heteroatoms. The van der Waals surface area contributed by atoms with Crippen LogP contribution in [0.5, 0.6) is 5.75 Å². The summed E-state index contributed by atoms with van der Waals surface area (Å²) in [5.74, 6) is -3.30. The molecule has 1 aliphatic rings. The maximum absolute atomic E-state index is 13.8. The number of benzene rings is 2. The fourth-order valence-corrected chi connectivity index (χ4v) is 8.22. The topological polar surface area (TPSA) is 133 Å². The van der Waals surface area contributed by atoms with Crippen LogP contribution in [0.25, 0.3) is 10.4 Å². The van der Waals surface area contributed by atoms with Crippen LogP contribution in [-0.2, 0) is 26.7 Å². The van der Waals surface area contributed by atoms with E-state index in [0.29, 0.717) is 42.1 Å². The van der Waals surface area contributed by atoms with Gasteiger partial charge in [0.2, 0.25) is 10.0 Å². The molecule has 0 saturated carbocycles. The minimum Gasteiger partial charge on any atom is -0.479 e. The SMILES string of the molecule is O=C(O)COc1c(C(=O)O)sc(-c2cccc(N(C3CCNCC3)S(=O)(=O)Cc3ccc(C(F)(F)F)cc3)c2)c1Br. The van der Waals surface area contributed by atoms with Gasteiger partial charge in [-0.3, -0.25) is 4.31 Å².